The highest BCUT2D eigenvalue weighted by molar-refractivity contribution is 6.04. The normalized spacial score (nSPS) is 18.4. The van der Waals surface area contributed by atoms with Gasteiger partial charge in [-0.25, -0.2) is 4.79 Å². The number of carbonyl (C=O) groups excluding carboxylic acids is 2. The molecular weight excluding hydrogens is 352 g/mol. The van der Waals surface area contributed by atoms with E-state index in [1.807, 2.05) is 13.0 Å². The average Bonchev–Trinajstić information content (AvgIpc) is 2.97. The van der Waals surface area contributed by atoms with Gasteiger partial charge < -0.3 is 9.47 Å². The van der Waals surface area contributed by atoms with Crippen molar-refractivity contribution in [3.05, 3.63) is 51.6 Å². The lowest BCUT2D eigenvalue weighted by molar-refractivity contribution is -0.150. The van der Waals surface area contributed by atoms with Gasteiger partial charge in [-0.3, -0.25) is 4.79 Å². The molecule has 0 heterocycles. The third-order valence-electron chi connectivity index (χ3n) is 5.53. The number of ether oxygens (including phenoxy) is 2. The Morgan fingerprint density at radius 2 is 1.61 bits per heavy atom. The van der Waals surface area contributed by atoms with Crippen LogP contribution in [-0.4, -0.2) is 25.2 Å². The Bertz CT molecular complexity index is 938. The third-order valence-corrected chi connectivity index (χ3v) is 5.53. The van der Waals surface area contributed by atoms with E-state index >= 15 is 0 Å². The fraction of sp³-hybridized carbons (Fsp3) is 0.417. The molecule has 0 N–H and O–H groups in total. The first-order chi connectivity index (χ1) is 13.3. The molecule has 0 fully saturated rings. The second-order valence-electron chi connectivity index (χ2n) is 7.54. The average molecular weight is 380 g/mol. The maximum atomic E-state index is 12.7. The Kier molecular flexibility index (Phi) is 5.59. The molecule has 4 nitrogen and oxygen atoms in total. The van der Waals surface area contributed by atoms with Crippen molar-refractivity contribution in [1.82, 2.24) is 0 Å². The van der Waals surface area contributed by atoms with Gasteiger partial charge in [0.1, 0.15) is 0 Å². The SMILES string of the molecule is CCOC(=O)C1=Cc2c(cc3c(C)cc(C)cc(C)c2-3)C(C)C1C(=O)OCC. The van der Waals surface area contributed by atoms with E-state index in [0.29, 0.717) is 5.57 Å². The standard InChI is InChI=1S/C24H28O4/c1-7-27-23(25)20-12-19-18(16(6)22(20)24(26)28-8-2)11-17-14(4)9-13(3)10-15(5)21(17)19/h9-12,16,22H,7-8H2,1-6H3. The summed E-state index contributed by atoms with van der Waals surface area (Å²) in [5.74, 6) is -1.64. The van der Waals surface area contributed by atoms with E-state index in [0.717, 1.165) is 27.8 Å². The molecule has 28 heavy (non-hydrogen) atoms. The number of esters is 2. The first-order valence-corrected chi connectivity index (χ1v) is 9.89. The van der Waals surface area contributed by atoms with Crippen LogP contribution in [0.15, 0.2) is 23.8 Å². The summed E-state index contributed by atoms with van der Waals surface area (Å²) >= 11 is 0. The molecule has 0 bridgehead atoms. The van der Waals surface area contributed by atoms with E-state index in [-0.39, 0.29) is 25.1 Å². The van der Waals surface area contributed by atoms with Crippen molar-refractivity contribution >= 4 is 18.0 Å². The quantitative estimate of drug-likeness (QED) is 0.704. The van der Waals surface area contributed by atoms with Crippen LogP contribution in [0.3, 0.4) is 0 Å². The van der Waals surface area contributed by atoms with Crippen LogP contribution in [0.1, 0.15) is 54.5 Å². The Morgan fingerprint density at radius 3 is 2.25 bits per heavy atom. The largest absolute Gasteiger partial charge is 0.466 e. The maximum absolute atomic E-state index is 12.7. The molecule has 3 aliphatic rings. The predicted molar refractivity (Wildman–Crippen MR) is 110 cm³/mol. The van der Waals surface area contributed by atoms with Gasteiger partial charge in [-0.1, -0.05) is 24.6 Å². The van der Waals surface area contributed by atoms with Crippen LogP contribution in [0.2, 0.25) is 0 Å². The van der Waals surface area contributed by atoms with Crippen LogP contribution in [0.4, 0.5) is 0 Å². The van der Waals surface area contributed by atoms with Gasteiger partial charge in [-0.2, -0.15) is 0 Å². The lowest BCUT2D eigenvalue weighted by atomic mass is 9.76. The van der Waals surface area contributed by atoms with Crippen molar-refractivity contribution in [2.45, 2.75) is 47.5 Å². The highest BCUT2D eigenvalue weighted by Crippen LogP contribution is 2.47. The third kappa shape index (κ3) is 3.32. The molecule has 3 aliphatic carbocycles. The van der Waals surface area contributed by atoms with Crippen LogP contribution in [0.25, 0.3) is 17.2 Å². The van der Waals surface area contributed by atoms with Gasteiger partial charge in [0, 0.05) is 0 Å². The zero-order chi connectivity index (χ0) is 20.6. The number of rotatable bonds is 4. The van der Waals surface area contributed by atoms with Crippen molar-refractivity contribution in [3.8, 4) is 11.1 Å². The summed E-state index contributed by atoms with van der Waals surface area (Å²) in [6, 6.07) is 6.50. The lowest BCUT2D eigenvalue weighted by Gasteiger charge is -2.28. The fourth-order valence-electron chi connectivity index (χ4n) is 4.40. The summed E-state index contributed by atoms with van der Waals surface area (Å²) in [6.07, 6.45) is 1.85. The molecule has 0 aromatic carbocycles. The minimum absolute atomic E-state index is 0.170. The van der Waals surface area contributed by atoms with Crippen molar-refractivity contribution in [3.63, 3.8) is 0 Å². The van der Waals surface area contributed by atoms with E-state index in [1.165, 1.54) is 11.1 Å². The van der Waals surface area contributed by atoms with Crippen LogP contribution in [0.5, 0.6) is 0 Å². The highest BCUT2D eigenvalue weighted by atomic mass is 16.5. The zero-order valence-corrected chi connectivity index (χ0v) is 17.5. The molecule has 0 saturated carbocycles. The molecular formula is C24H28O4. The molecule has 0 aromatic rings. The second-order valence-corrected chi connectivity index (χ2v) is 7.54. The molecule has 2 atom stereocenters. The van der Waals surface area contributed by atoms with Gasteiger partial charge in [-0.15, -0.1) is 0 Å². The lowest BCUT2D eigenvalue weighted by Crippen LogP contribution is -2.31. The molecule has 3 rings (SSSR count). The number of carbonyl (C=O) groups is 2. The second kappa shape index (κ2) is 7.78. The highest BCUT2D eigenvalue weighted by Gasteiger charge is 2.41. The Labute approximate surface area is 166 Å². The summed E-state index contributed by atoms with van der Waals surface area (Å²) in [6.45, 7) is 12.4. The Balaban J connectivity index is 2.28. The summed E-state index contributed by atoms with van der Waals surface area (Å²) < 4.78 is 10.6. The summed E-state index contributed by atoms with van der Waals surface area (Å²) in [7, 11) is 0. The minimum atomic E-state index is -0.653. The molecule has 0 spiro atoms. The van der Waals surface area contributed by atoms with Gasteiger partial charge in [-0.05, 0) is 86.1 Å². The van der Waals surface area contributed by atoms with Gasteiger partial charge in [0.15, 0.2) is 0 Å². The van der Waals surface area contributed by atoms with Gasteiger partial charge in [0.05, 0.1) is 24.7 Å². The summed E-state index contributed by atoms with van der Waals surface area (Å²) in [4.78, 5) is 25.4. The van der Waals surface area contributed by atoms with Crippen molar-refractivity contribution < 1.29 is 19.1 Å². The molecule has 0 radical (unpaired) electrons. The number of hydrogen-bond donors (Lipinski definition) is 0. The van der Waals surface area contributed by atoms with Gasteiger partial charge in [0.25, 0.3) is 0 Å². The van der Waals surface area contributed by atoms with Gasteiger partial charge in [0.2, 0.25) is 0 Å². The minimum Gasteiger partial charge on any atom is -0.466 e. The molecule has 0 amide bonds. The van der Waals surface area contributed by atoms with Crippen LogP contribution in [-0.2, 0) is 19.1 Å². The molecule has 0 aromatic heterocycles. The van der Waals surface area contributed by atoms with E-state index in [2.05, 4.69) is 39.0 Å². The maximum Gasteiger partial charge on any atom is 0.334 e. The van der Waals surface area contributed by atoms with E-state index in [4.69, 9.17) is 9.47 Å². The molecule has 148 valence electrons. The van der Waals surface area contributed by atoms with E-state index in [9.17, 15) is 9.59 Å². The smallest absolute Gasteiger partial charge is 0.334 e. The number of fused-ring (bicyclic) bond motifs is 3. The molecule has 0 aliphatic heterocycles. The predicted octanol–water partition coefficient (Wildman–Crippen LogP) is 4.96. The first kappa shape index (κ1) is 20.1. The van der Waals surface area contributed by atoms with E-state index in [1.54, 1.807) is 13.8 Å². The van der Waals surface area contributed by atoms with Gasteiger partial charge >= 0.3 is 11.9 Å². The Morgan fingerprint density at radius 1 is 0.964 bits per heavy atom. The Hall–Kier alpha value is -2.62. The van der Waals surface area contributed by atoms with Crippen LogP contribution in [0, 0.1) is 26.7 Å². The summed E-state index contributed by atoms with van der Waals surface area (Å²) in [5.41, 5.74) is 8.31. The van der Waals surface area contributed by atoms with E-state index < -0.39 is 11.9 Å². The zero-order valence-electron chi connectivity index (χ0n) is 17.5. The fourth-order valence-corrected chi connectivity index (χ4v) is 4.40. The topological polar surface area (TPSA) is 52.6 Å². The monoisotopic (exact) mass is 380 g/mol. The molecule has 4 heteroatoms. The number of hydrogen-bond acceptors (Lipinski definition) is 4. The van der Waals surface area contributed by atoms with Crippen LogP contribution < -0.4 is 0 Å². The van der Waals surface area contributed by atoms with Crippen molar-refractivity contribution in [2.75, 3.05) is 13.2 Å². The van der Waals surface area contributed by atoms with Crippen molar-refractivity contribution in [2.24, 2.45) is 5.92 Å². The number of aryl methyl sites for hydroxylation is 3. The summed E-state index contributed by atoms with van der Waals surface area (Å²) in [5, 5.41) is 0. The molecule has 2 unspecified atom stereocenters. The van der Waals surface area contributed by atoms with Crippen molar-refractivity contribution in [1.29, 1.82) is 0 Å². The molecule has 0 saturated heterocycles. The van der Waals surface area contributed by atoms with Crippen LogP contribution >= 0.6 is 0 Å². The first-order valence-electron chi connectivity index (χ1n) is 9.89.